The monoisotopic (exact) mass is 453 g/mol. The van der Waals surface area contributed by atoms with Crippen molar-refractivity contribution in [2.24, 2.45) is 0 Å². The van der Waals surface area contributed by atoms with Crippen molar-refractivity contribution < 1.29 is 39.9 Å². The quantitative estimate of drug-likeness (QED) is 0.663. The maximum atomic E-state index is 12.2. The number of sulfone groups is 2. The van der Waals surface area contributed by atoms with Gasteiger partial charge in [0.25, 0.3) is 0 Å². The van der Waals surface area contributed by atoms with Crippen LogP contribution in [0.5, 0.6) is 5.75 Å². The Morgan fingerprint density at radius 3 is 2.07 bits per heavy atom. The number of aliphatic hydroxyl groups is 1. The van der Waals surface area contributed by atoms with E-state index >= 15 is 0 Å². The third kappa shape index (κ3) is 6.61. The molecule has 0 aliphatic heterocycles. The van der Waals surface area contributed by atoms with Crippen LogP contribution < -0.4 is 10.1 Å². The lowest BCUT2D eigenvalue weighted by Crippen LogP contribution is -2.17. The number of nitrogens with one attached hydrogen (secondary N) is 1. The molecule has 2 N–H and O–H groups in total. The molecule has 0 aliphatic carbocycles. The molecular formula is C17H18F3NO6S2. The third-order valence-corrected chi connectivity index (χ3v) is 6.01. The molecule has 0 fully saturated rings. The largest absolute Gasteiger partial charge is 0.573 e. The number of ether oxygens (including phenoxy) is 1. The van der Waals surface area contributed by atoms with E-state index in [9.17, 15) is 35.1 Å². The Morgan fingerprint density at radius 2 is 1.59 bits per heavy atom. The van der Waals surface area contributed by atoms with E-state index in [0.717, 1.165) is 30.7 Å². The summed E-state index contributed by atoms with van der Waals surface area (Å²) in [5.41, 5.74) is 0.344. The van der Waals surface area contributed by atoms with E-state index in [-0.39, 0.29) is 27.6 Å². The smallest absolute Gasteiger partial charge is 0.406 e. The maximum absolute atomic E-state index is 12.2. The molecule has 0 aromatic heterocycles. The highest BCUT2D eigenvalue weighted by molar-refractivity contribution is 7.91. The van der Waals surface area contributed by atoms with Gasteiger partial charge in [-0.05, 0) is 35.9 Å². The summed E-state index contributed by atoms with van der Waals surface area (Å²) in [5.74, 6) is -0.447. The van der Waals surface area contributed by atoms with Gasteiger partial charge in [-0.15, -0.1) is 13.2 Å². The minimum absolute atomic E-state index is 0.0796. The maximum Gasteiger partial charge on any atom is 0.573 e. The Hall–Kier alpha value is -2.31. The predicted molar refractivity (Wildman–Crippen MR) is 99.2 cm³/mol. The van der Waals surface area contributed by atoms with Gasteiger partial charge in [-0.1, -0.05) is 12.1 Å². The zero-order valence-electron chi connectivity index (χ0n) is 15.3. The Balaban J connectivity index is 2.18. The van der Waals surface area contributed by atoms with Crippen molar-refractivity contribution in [1.29, 1.82) is 0 Å². The van der Waals surface area contributed by atoms with Gasteiger partial charge < -0.3 is 15.2 Å². The molecule has 1 atom stereocenters. The van der Waals surface area contributed by atoms with Crippen LogP contribution in [0.15, 0.2) is 52.3 Å². The van der Waals surface area contributed by atoms with E-state index < -0.39 is 37.9 Å². The zero-order valence-corrected chi connectivity index (χ0v) is 16.9. The van der Waals surface area contributed by atoms with Crippen molar-refractivity contribution in [2.45, 2.75) is 22.3 Å². The number of aliphatic hydroxyl groups excluding tert-OH is 1. The number of rotatable bonds is 7. The van der Waals surface area contributed by atoms with Gasteiger partial charge in [-0.3, -0.25) is 0 Å². The van der Waals surface area contributed by atoms with Crippen LogP contribution in [0.3, 0.4) is 0 Å². The minimum Gasteiger partial charge on any atom is -0.406 e. The molecule has 0 heterocycles. The molecule has 0 amide bonds. The van der Waals surface area contributed by atoms with Crippen molar-refractivity contribution in [3.05, 3.63) is 48.0 Å². The number of hydrogen-bond acceptors (Lipinski definition) is 7. The van der Waals surface area contributed by atoms with Crippen molar-refractivity contribution in [3.63, 3.8) is 0 Å². The second kappa shape index (κ2) is 8.20. The second-order valence-electron chi connectivity index (χ2n) is 6.22. The Morgan fingerprint density at radius 1 is 1.00 bits per heavy atom. The molecule has 1 unspecified atom stereocenters. The van der Waals surface area contributed by atoms with E-state index in [1.807, 2.05) is 0 Å². The first kappa shape index (κ1) is 23.0. The molecule has 12 heteroatoms. The number of anilines is 1. The first-order valence-corrected chi connectivity index (χ1v) is 11.8. The lowest BCUT2D eigenvalue weighted by Gasteiger charge is -2.16. The van der Waals surface area contributed by atoms with E-state index in [1.54, 1.807) is 0 Å². The summed E-state index contributed by atoms with van der Waals surface area (Å²) in [6, 6.07) is 8.05. The highest BCUT2D eigenvalue weighted by Gasteiger charge is 2.31. The van der Waals surface area contributed by atoms with Crippen molar-refractivity contribution >= 4 is 25.4 Å². The summed E-state index contributed by atoms with van der Waals surface area (Å²) in [7, 11) is -7.41. The molecule has 2 rings (SSSR count). The number of alkyl halides is 3. The van der Waals surface area contributed by atoms with Gasteiger partial charge in [0.15, 0.2) is 19.7 Å². The average Bonchev–Trinajstić information content (AvgIpc) is 2.57. The highest BCUT2D eigenvalue weighted by atomic mass is 32.2. The van der Waals surface area contributed by atoms with Crippen LogP contribution in [0.2, 0.25) is 0 Å². The fourth-order valence-corrected chi connectivity index (χ4v) is 4.00. The van der Waals surface area contributed by atoms with Crippen LogP contribution in [0.25, 0.3) is 0 Å². The summed E-state index contributed by atoms with van der Waals surface area (Å²) < 4.78 is 87.6. The molecule has 0 saturated carbocycles. The molecule has 2 aromatic carbocycles. The van der Waals surface area contributed by atoms with Gasteiger partial charge in [0.2, 0.25) is 0 Å². The van der Waals surface area contributed by atoms with E-state index in [0.29, 0.717) is 0 Å². The topological polar surface area (TPSA) is 110 Å². The molecule has 0 aliphatic rings. The van der Waals surface area contributed by atoms with Gasteiger partial charge in [0, 0.05) is 19.1 Å². The summed E-state index contributed by atoms with van der Waals surface area (Å²) in [5, 5.41) is 12.9. The Kier molecular flexibility index (Phi) is 6.50. The first-order valence-electron chi connectivity index (χ1n) is 7.98. The van der Waals surface area contributed by atoms with Crippen LogP contribution in [-0.2, 0) is 19.7 Å². The van der Waals surface area contributed by atoms with Crippen LogP contribution >= 0.6 is 0 Å². The number of hydrogen-bond donors (Lipinski definition) is 2. The lowest BCUT2D eigenvalue weighted by atomic mass is 10.1. The first-order chi connectivity index (χ1) is 13.2. The van der Waals surface area contributed by atoms with E-state index in [1.165, 1.54) is 24.3 Å². The molecule has 2 aromatic rings. The zero-order chi connectivity index (χ0) is 22.0. The Bertz CT molecular complexity index is 1080. The van der Waals surface area contributed by atoms with E-state index in [4.69, 9.17) is 0 Å². The van der Waals surface area contributed by atoms with Gasteiger partial charge in [-0.2, -0.15) is 0 Å². The van der Waals surface area contributed by atoms with Gasteiger partial charge in [0.05, 0.1) is 21.6 Å². The second-order valence-corrected chi connectivity index (χ2v) is 10.2. The molecule has 0 bridgehead atoms. The van der Waals surface area contributed by atoms with Crippen LogP contribution in [0.4, 0.5) is 18.9 Å². The van der Waals surface area contributed by atoms with Gasteiger partial charge >= 0.3 is 6.36 Å². The van der Waals surface area contributed by atoms with Crippen LogP contribution in [0.1, 0.15) is 11.7 Å². The third-order valence-electron chi connectivity index (χ3n) is 3.77. The summed E-state index contributed by atoms with van der Waals surface area (Å²) in [6.45, 7) is -0.180. The van der Waals surface area contributed by atoms with E-state index in [2.05, 4.69) is 10.1 Å². The van der Waals surface area contributed by atoms with Crippen LogP contribution in [0, 0.1) is 0 Å². The number of halogens is 3. The summed E-state index contributed by atoms with van der Waals surface area (Å²) >= 11 is 0. The van der Waals surface area contributed by atoms with Crippen LogP contribution in [-0.4, -0.2) is 47.4 Å². The molecule has 160 valence electrons. The molecule has 7 nitrogen and oxygen atoms in total. The SMILES string of the molecule is CS(=O)(=O)c1ccc(NCC(O)c2ccc(OC(F)(F)F)cc2)c(S(C)(=O)=O)c1. The normalized spacial score (nSPS) is 13.7. The fraction of sp³-hybridized carbons (Fsp3) is 0.294. The molecular weight excluding hydrogens is 435 g/mol. The molecule has 29 heavy (non-hydrogen) atoms. The molecule has 0 spiro atoms. The highest BCUT2D eigenvalue weighted by Crippen LogP contribution is 2.27. The standard InChI is InChI=1S/C17H18F3NO6S2/c1-28(23,24)13-7-8-14(16(9-13)29(2,25)26)21-10-15(22)11-3-5-12(6-4-11)27-17(18,19)20/h3-9,15,21-22H,10H2,1-2H3. The average molecular weight is 453 g/mol. The van der Waals surface area contributed by atoms with Crippen molar-refractivity contribution in [3.8, 4) is 5.75 Å². The molecule has 0 radical (unpaired) electrons. The summed E-state index contributed by atoms with van der Waals surface area (Å²) in [4.78, 5) is -0.439. The predicted octanol–water partition coefficient (Wildman–Crippen LogP) is 2.54. The van der Waals surface area contributed by atoms with Gasteiger partial charge in [0.1, 0.15) is 5.75 Å². The fourth-order valence-electron chi connectivity index (χ4n) is 2.40. The van der Waals surface area contributed by atoms with Gasteiger partial charge in [-0.25, -0.2) is 16.8 Å². The summed E-state index contributed by atoms with van der Waals surface area (Å²) in [6.07, 6.45) is -4.16. The number of benzene rings is 2. The lowest BCUT2D eigenvalue weighted by molar-refractivity contribution is -0.274. The van der Waals surface area contributed by atoms with Crippen molar-refractivity contribution in [2.75, 3.05) is 24.4 Å². The molecule has 0 saturated heterocycles. The Labute approximate surface area is 166 Å². The van der Waals surface area contributed by atoms with Crippen molar-refractivity contribution in [1.82, 2.24) is 0 Å². The minimum atomic E-state index is -4.83.